The molecular weight excluding hydrogens is 450 g/mol. The number of carbonyl (C=O) groups excluding carboxylic acids is 2. The quantitative estimate of drug-likeness (QED) is 0.493. The van der Waals surface area contributed by atoms with Gasteiger partial charge in [0, 0.05) is 18.7 Å². The number of para-hydroxylation sites is 2. The van der Waals surface area contributed by atoms with Gasteiger partial charge in [-0.25, -0.2) is 0 Å². The molecule has 6 nitrogen and oxygen atoms in total. The van der Waals surface area contributed by atoms with Gasteiger partial charge >= 0.3 is 0 Å². The van der Waals surface area contributed by atoms with Crippen LogP contribution in [-0.2, 0) is 11.3 Å². The van der Waals surface area contributed by atoms with Crippen molar-refractivity contribution >= 4 is 23.6 Å². The zero-order valence-electron chi connectivity index (χ0n) is 20.6. The highest BCUT2D eigenvalue weighted by Crippen LogP contribution is 2.36. The molecule has 0 saturated carbocycles. The summed E-state index contributed by atoms with van der Waals surface area (Å²) in [5.41, 5.74) is 4.35. The first-order chi connectivity index (χ1) is 17.6. The SMILES string of the molecule is Cc1cccc(CN2C(=O)/C(=C\c3ccc(C(=O)NCCN4CCCC4)cc3)Oc3ccccc32)c1. The van der Waals surface area contributed by atoms with E-state index in [0.717, 1.165) is 42.0 Å². The van der Waals surface area contributed by atoms with Crippen LogP contribution in [0.5, 0.6) is 5.75 Å². The number of anilines is 1. The molecule has 6 heteroatoms. The van der Waals surface area contributed by atoms with Crippen LogP contribution in [0.2, 0.25) is 0 Å². The third kappa shape index (κ3) is 5.50. The summed E-state index contributed by atoms with van der Waals surface area (Å²) in [5, 5.41) is 3.00. The van der Waals surface area contributed by atoms with E-state index in [1.807, 2.05) is 61.5 Å². The van der Waals surface area contributed by atoms with Gasteiger partial charge in [0.25, 0.3) is 11.8 Å². The van der Waals surface area contributed by atoms with Crippen molar-refractivity contribution in [3.63, 3.8) is 0 Å². The summed E-state index contributed by atoms with van der Waals surface area (Å²) in [4.78, 5) is 30.1. The Balaban J connectivity index is 1.30. The van der Waals surface area contributed by atoms with E-state index in [4.69, 9.17) is 4.74 Å². The van der Waals surface area contributed by atoms with Gasteiger partial charge in [-0.05, 0) is 74.3 Å². The summed E-state index contributed by atoms with van der Waals surface area (Å²) in [5.74, 6) is 0.616. The topological polar surface area (TPSA) is 61.9 Å². The molecule has 2 heterocycles. The average molecular weight is 482 g/mol. The molecule has 2 aliphatic heterocycles. The largest absolute Gasteiger partial charge is 0.449 e. The molecule has 3 aromatic rings. The molecule has 3 aromatic carbocycles. The van der Waals surface area contributed by atoms with Gasteiger partial charge in [-0.1, -0.05) is 54.1 Å². The number of hydrogen-bond donors (Lipinski definition) is 1. The summed E-state index contributed by atoms with van der Waals surface area (Å²) in [6.45, 7) is 6.26. The number of amides is 2. The highest BCUT2D eigenvalue weighted by Gasteiger charge is 2.30. The van der Waals surface area contributed by atoms with E-state index in [-0.39, 0.29) is 17.6 Å². The first kappa shape index (κ1) is 23.8. The fraction of sp³-hybridized carbons (Fsp3) is 0.267. The Hall–Kier alpha value is -3.90. The lowest BCUT2D eigenvalue weighted by Crippen LogP contribution is -2.36. The Morgan fingerprint density at radius 1 is 1.00 bits per heavy atom. The fourth-order valence-electron chi connectivity index (χ4n) is 4.73. The smallest absolute Gasteiger partial charge is 0.294 e. The minimum absolute atomic E-state index is 0.0864. The third-order valence-corrected chi connectivity index (χ3v) is 6.64. The van der Waals surface area contributed by atoms with Crippen LogP contribution in [-0.4, -0.2) is 42.9 Å². The summed E-state index contributed by atoms with van der Waals surface area (Å²) < 4.78 is 6.01. The van der Waals surface area contributed by atoms with Crippen molar-refractivity contribution in [3.05, 3.63) is 101 Å². The maximum Gasteiger partial charge on any atom is 0.294 e. The predicted octanol–water partition coefficient (Wildman–Crippen LogP) is 4.79. The molecule has 0 bridgehead atoms. The lowest BCUT2D eigenvalue weighted by Gasteiger charge is -2.30. The van der Waals surface area contributed by atoms with E-state index in [2.05, 4.69) is 16.3 Å². The van der Waals surface area contributed by atoms with Crippen LogP contribution >= 0.6 is 0 Å². The molecule has 1 fully saturated rings. The maximum absolute atomic E-state index is 13.4. The highest BCUT2D eigenvalue weighted by molar-refractivity contribution is 6.09. The number of likely N-dealkylation sites (tertiary alicyclic amines) is 1. The van der Waals surface area contributed by atoms with Crippen LogP contribution in [0, 0.1) is 6.92 Å². The lowest BCUT2D eigenvalue weighted by atomic mass is 10.1. The molecule has 184 valence electrons. The van der Waals surface area contributed by atoms with E-state index in [1.165, 1.54) is 12.8 Å². The standard InChI is InChI=1S/C30H31N3O3/c1-22-7-6-8-24(19-22)21-33-26-9-2-3-10-27(26)36-28(30(33)35)20-23-11-13-25(14-12-23)29(34)31-15-18-32-16-4-5-17-32/h2-3,6-14,19-20H,4-5,15-18,21H2,1H3,(H,31,34)/b28-20+. The minimum atomic E-state index is -0.195. The molecule has 2 amide bonds. The molecule has 2 aliphatic rings. The molecular formula is C30H31N3O3. The van der Waals surface area contributed by atoms with Gasteiger partial charge in [0.05, 0.1) is 12.2 Å². The van der Waals surface area contributed by atoms with Crippen LogP contribution in [0.15, 0.2) is 78.6 Å². The lowest BCUT2D eigenvalue weighted by molar-refractivity contribution is -0.117. The van der Waals surface area contributed by atoms with E-state index < -0.39 is 0 Å². The number of hydrogen-bond acceptors (Lipinski definition) is 4. The van der Waals surface area contributed by atoms with E-state index in [0.29, 0.717) is 24.4 Å². The second kappa shape index (κ2) is 10.8. The minimum Gasteiger partial charge on any atom is -0.449 e. The predicted molar refractivity (Wildman–Crippen MR) is 142 cm³/mol. The second-order valence-electron chi connectivity index (χ2n) is 9.39. The van der Waals surface area contributed by atoms with Crippen molar-refractivity contribution in [1.82, 2.24) is 10.2 Å². The van der Waals surface area contributed by atoms with E-state index in [9.17, 15) is 9.59 Å². The Labute approximate surface area is 212 Å². The number of benzene rings is 3. The van der Waals surface area contributed by atoms with Crippen molar-refractivity contribution in [2.24, 2.45) is 0 Å². The summed E-state index contributed by atoms with van der Waals surface area (Å²) in [6, 6.07) is 23.0. The number of nitrogens with zero attached hydrogens (tertiary/aromatic N) is 2. The zero-order valence-corrected chi connectivity index (χ0v) is 20.6. The van der Waals surface area contributed by atoms with Gasteiger partial charge in [-0.15, -0.1) is 0 Å². The van der Waals surface area contributed by atoms with Gasteiger partial charge < -0.3 is 15.0 Å². The molecule has 1 N–H and O–H groups in total. The normalized spacial score (nSPS) is 16.6. The van der Waals surface area contributed by atoms with Gasteiger partial charge in [0.2, 0.25) is 0 Å². The third-order valence-electron chi connectivity index (χ3n) is 6.64. The molecule has 0 unspecified atom stereocenters. The number of carbonyl (C=O) groups is 2. The van der Waals surface area contributed by atoms with Crippen LogP contribution in [0.25, 0.3) is 6.08 Å². The van der Waals surface area contributed by atoms with Crippen LogP contribution < -0.4 is 15.0 Å². The number of fused-ring (bicyclic) bond motifs is 1. The number of nitrogens with one attached hydrogen (secondary N) is 1. The molecule has 0 atom stereocenters. The molecule has 0 spiro atoms. The van der Waals surface area contributed by atoms with Crippen molar-refractivity contribution < 1.29 is 14.3 Å². The maximum atomic E-state index is 13.4. The second-order valence-corrected chi connectivity index (χ2v) is 9.39. The first-order valence-corrected chi connectivity index (χ1v) is 12.5. The molecule has 0 aromatic heterocycles. The van der Waals surface area contributed by atoms with Crippen LogP contribution in [0.3, 0.4) is 0 Å². The molecule has 36 heavy (non-hydrogen) atoms. The average Bonchev–Trinajstić information content (AvgIpc) is 3.40. The Morgan fingerprint density at radius 3 is 2.56 bits per heavy atom. The van der Waals surface area contributed by atoms with Crippen molar-refractivity contribution in [3.8, 4) is 5.75 Å². The summed E-state index contributed by atoms with van der Waals surface area (Å²) in [6.07, 6.45) is 4.22. The zero-order chi connectivity index (χ0) is 24.9. The fourth-order valence-corrected chi connectivity index (χ4v) is 4.73. The van der Waals surface area contributed by atoms with Crippen LogP contribution in [0.1, 0.15) is 39.9 Å². The van der Waals surface area contributed by atoms with Crippen molar-refractivity contribution in [2.45, 2.75) is 26.3 Å². The van der Waals surface area contributed by atoms with Crippen molar-refractivity contribution in [2.75, 3.05) is 31.1 Å². The van der Waals surface area contributed by atoms with Gasteiger partial charge in [-0.2, -0.15) is 0 Å². The summed E-state index contributed by atoms with van der Waals surface area (Å²) >= 11 is 0. The van der Waals surface area contributed by atoms with Gasteiger partial charge in [-0.3, -0.25) is 14.5 Å². The Morgan fingerprint density at radius 2 is 1.78 bits per heavy atom. The molecule has 1 saturated heterocycles. The Bertz CT molecular complexity index is 1280. The van der Waals surface area contributed by atoms with E-state index in [1.54, 1.807) is 23.1 Å². The Kier molecular flexibility index (Phi) is 7.14. The number of rotatable bonds is 7. The van der Waals surface area contributed by atoms with Gasteiger partial charge in [0.15, 0.2) is 11.5 Å². The summed E-state index contributed by atoms with van der Waals surface area (Å²) in [7, 11) is 0. The van der Waals surface area contributed by atoms with Gasteiger partial charge in [0.1, 0.15) is 0 Å². The van der Waals surface area contributed by atoms with Crippen LogP contribution in [0.4, 0.5) is 5.69 Å². The number of aryl methyl sites for hydroxylation is 1. The molecule has 5 rings (SSSR count). The number of ether oxygens (including phenoxy) is 1. The van der Waals surface area contributed by atoms with Crippen molar-refractivity contribution in [1.29, 1.82) is 0 Å². The molecule has 0 aliphatic carbocycles. The monoisotopic (exact) mass is 481 g/mol. The van der Waals surface area contributed by atoms with E-state index >= 15 is 0 Å². The highest BCUT2D eigenvalue weighted by atomic mass is 16.5. The molecule has 0 radical (unpaired) electrons. The first-order valence-electron chi connectivity index (χ1n) is 12.5.